The second-order valence-electron chi connectivity index (χ2n) is 4.67. The number of rotatable bonds is 4. The molecule has 0 aliphatic rings. The molecule has 1 unspecified atom stereocenters. The summed E-state index contributed by atoms with van der Waals surface area (Å²) in [4.78, 5) is 12.2. The predicted molar refractivity (Wildman–Crippen MR) is 86.4 cm³/mol. The number of hydrogen-bond donors (Lipinski definition) is 1. The van der Waals surface area contributed by atoms with Crippen LogP contribution in [0.4, 0.5) is 5.69 Å². The average Bonchev–Trinajstić information content (AvgIpc) is 2.43. The third-order valence-electron chi connectivity index (χ3n) is 2.94. The van der Waals surface area contributed by atoms with E-state index in [1.165, 1.54) is 0 Å². The zero-order valence-electron chi connectivity index (χ0n) is 11.7. The van der Waals surface area contributed by atoms with Crippen LogP contribution in [0.3, 0.4) is 0 Å². The summed E-state index contributed by atoms with van der Waals surface area (Å²) in [5, 5.41) is 3.93. The predicted octanol–water partition coefficient (Wildman–Crippen LogP) is 4.71. The van der Waals surface area contributed by atoms with Crippen LogP contribution >= 0.6 is 23.2 Å². The van der Waals surface area contributed by atoms with Crippen LogP contribution in [0.5, 0.6) is 5.75 Å². The molecule has 0 aliphatic heterocycles. The van der Waals surface area contributed by atoms with Crippen molar-refractivity contribution in [3.05, 3.63) is 58.1 Å². The van der Waals surface area contributed by atoms with E-state index in [0.29, 0.717) is 21.5 Å². The minimum Gasteiger partial charge on any atom is -0.481 e. The van der Waals surface area contributed by atoms with Gasteiger partial charge in [0.05, 0.1) is 0 Å². The fraction of sp³-hybridized carbons (Fsp3) is 0.188. The molecular formula is C16H15Cl2NO2. The second-order valence-corrected chi connectivity index (χ2v) is 5.54. The summed E-state index contributed by atoms with van der Waals surface area (Å²) in [5.74, 6) is 0.299. The minimum atomic E-state index is -0.651. The highest BCUT2D eigenvalue weighted by Gasteiger charge is 2.16. The lowest BCUT2D eigenvalue weighted by Crippen LogP contribution is -2.30. The van der Waals surface area contributed by atoms with Gasteiger partial charge >= 0.3 is 0 Å². The van der Waals surface area contributed by atoms with Gasteiger partial charge in [-0.2, -0.15) is 0 Å². The van der Waals surface area contributed by atoms with Crippen LogP contribution in [0.1, 0.15) is 12.5 Å². The number of hydrogen-bond acceptors (Lipinski definition) is 2. The number of nitrogens with one attached hydrogen (secondary N) is 1. The van der Waals surface area contributed by atoms with Gasteiger partial charge in [0.25, 0.3) is 5.91 Å². The Kier molecular flexibility index (Phi) is 5.10. The molecule has 21 heavy (non-hydrogen) atoms. The first-order valence-electron chi connectivity index (χ1n) is 6.45. The van der Waals surface area contributed by atoms with Gasteiger partial charge in [-0.05, 0) is 49.7 Å². The molecule has 0 fully saturated rings. The molecule has 0 saturated carbocycles. The molecular weight excluding hydrogens is 309 g/mol. The fourth-order valence-electron chi connectivity index (χ4n) is 1.76. The zero-order chi connectivity index (χ0) is 15.4. The van der Waals surface area contributed by atoms with Gasteiger partial charge in [0, 0.05) is 15.7 Å². The molecule has 110 valence electrons. The average molecular weight is 324 g/mol. The lowest BCUT2D eigenvalue weighted by atomic mass is 10.2. The number of amides is 1. The first-order chi connectivity index (χ1) is 9.95. The van der Waals surface area contributed by atoms with Gasteiger partial charge in [-0.15, -0.1) is 0 Å². The first-order valence-corrected chi connectivity index (χ1v) is 7.20. The van der Waals surface area contributed by atoms with Crippen LogP contribution in [0.15, 0.2) is 42.5 Å². The first kappa shape index (κ1) is 15.7. The van der Waals surface area contributed by atoms with Crippen molar-refractivity contribution in [3.63, 3.8) is 0 Å². The summed E-state index contributed by atoms with van der Waals surface area (Å²) in [7, 11) is 0. The largest absolute Gasteiger partial charge is 0.481 e. The molecule has 5 heteroatoms. The molecule has 0 aliphatic carbocycles. The molecule has 0 saturated heterocycles. The van der Waals surface area contributed by atoms with E-state index in [2.05, 4.69) is 5.32 Å². The van der Waals surface area contributed by atoms with Crippen molar-refractivity contribution in [1.82, 2.24) is 0 Å². The molecule has 0 aromatic heterocycles. The standard InChI is InChI=1S/C16H15Cl2NO2/c1-10-6-7-13(18)9-15(10)19-16(20)11(2)21-14-5-3-4-12(17)8-14/h3-9,11H,1-2H3,(H,19,20). The summed E-state index contributed by atoms with van der Waals surface area (Å²) in [6.07, 6.45) is -0.651. The normalized spacial score (nSPS) is 11.8. The Morgan fingerprint density at radius 2 is 1.86 bits per heavy atom. The van der Waals surface area contributed by atoms with Crippen LogP contribution < -0.4 is 10.1 Å². The molecule has 2 aromatic carbocycles. The molecule has 0 spiro atoms. The summed E-state index contributed by atoms with van der Waals surface area (Å²) in [6, 6.07) is 12.3. The molecule has 2 rings (SSSR count). The maximum absolute atomic E-state index is 12.2. The van der Waals surface area contributed by atoms with Gasteiger partial charge in [-0.3, -0.25) is 4.79 Å². The maximum Gasteiger partial charge on any atom is 0.265 e. The van der Waals surface area contributed by atoms with Crippen molar-refractivity contribution < 1.29 is 9.53 Å². The van der Waals surface area contributed by atoms with E-state index < -0.39 is 6.10 Å². The third-order valence-corrected chi connectivity index (χ3v) is 3.41. The van der Waals surface area contributed by atoms with Crippen molar-refractivity contribution in [2.24, 2.45) is 0 Å². The van der Waals surface area contributed by atoms with Crippen LogP contribution in [-0.4, -0.2) is 12.0 Å². The van der Waals surface area contributed by atoms with Gasteiger partial charge in [0.15, 0.2) is 6.10 Å². The quantitative estimate of drug-likeness (QED) is 0.885. The van der Waals surface area contributed by atoms with Crippen molar-refractivity contribution in [2.75, 3.05) is 5.32 Å². The van der Waals surface area contributed by atoms with Gasteiger partial charge < -0.3 is 10.1 Å². The second kappa shape index (κ2) is 6.83. The van der Waals surface area contributed by atoms with Crippen LogP contribution in [0.25, 0.3) is 0 Å². The van der Waals surface area contributed by atoms with Gasteiger partial charge in [-0.1, -0.05) is 35.3 Å². The molecule has 0 bridgehead atoms. The smallest absolute Gasteiger partial charge is 0.265 e. The molecule has 0 radical (unpaired) electrons. The maximum atomic E-state index is 12.2. The van der Waals surface area contributed by atoms with Gasteiger partial charge in [0.1, 0.15) is 5.75 Å². The molecule has 1 atom stereocenters. The van der Waals surface area contributed by atoms with Crippen LogP contribution in [0, 0.1) is 6.92 Å². The van der Waals surface area contributed by atoms with Crippen molar-refractivity contribution >= 4 is 34.8 Å². The third kappa shape index (κ3) is 4.38. The van der Waals surface area contributed by atoms with E-state index in [0.717, 1.165) is 5.56 Å². The summed E-state index contributed by atoms with van der Waals surface area (Å²) >= 11 is 11.8. The zero-order valence-corrected chi connectivity index (χ0v) is 13.2. The highest BCUT2D eigenvalue weighted by atomic mass is 35.5. The molecule has 1 N–H and O–H groups in total. The van der Waals surface area contributed by atoms with Crippen molar-refractivity contribution in [3.8, 4) is 5.75 Å². The van der Waals surface area contributed by atoms with E-state index in [9.17, 15) is 4.79 Å². The molecule has 0 heterocycles. The van der Waals surface area contributed by atoms with Crippen LogP contribution in [0.2, 0.25) is 10.0 Å². The Morgan fingerprint density at radius 1 is 1.14 bits per heavy atom. The Morgan fingerprint density at radius 3 is 2.57 bits per heavy atom. The molecule has 3 nitrogen and oxygen atoms in total. The molecule has 2 aromatic rings. The van der Waals surface area contributed by atoms with Crippen LogP contribution in [-0.2, 0) is 4.79 Å². The topological polar surface area (TPSA) is 38.3 Å². The summed E-state index contributed by atoms with van der Waals surface area (Å²) < 4.78 is 5.57. The number of anilines is 1. The lowest BCUT2D eigenvalue weighted by Gasteiger charge is -2.16. The summed E-state index contributed by atoms with van der Waals surface area (Å²) in [5.41, 5.74) is 1.61. The lowest BCUT2D eigenvalue weighted by molar-refractivity contribution is -0.122. The Hall–Kier alpha value is -1.71. The van der Waals surface area contributed by atoms with E-state index >= 15 is 0 Å². The number of ether oxygens (including phenoxy) is 1. The van der Waals surface area contributed by atoms with Gasteiger partial charge in [-0.25, -0.2) is 0 Å². The Labute approximate surface area is 133 Å². The van der Waals surface area contributed by atoms with E-state index in [-0.39, 0.29) is 5.91 Å². The monoisotopic (exact) mass is 323 g/mol. The van der Waals surface area contributed by atoms with E-state index in [4.69, 9.17) is 27.9 Å². The number of halogens is 2. The van der Waals surface area contributed by atoms with Crippen molar-refractivity contribution in [1.29, 1.82) is 0 Å². The van der Waals surface area contributed by atoms with E-state index in [1.807, 2.05) is 13.0 Å². The minimum absolute atomic E-state index is 0.250. The Balaban J connectivity index is 2.04. The highest BCUT2D eigenvalue weighted by Crippen LogP contribution is 2.22. The summed E-state index contributed by atoms with van der Waals surface area (Å²) in [6.45, 7) is 3.57. The number of carbonyl (C=O) groups excluding carboxylic acids is 1. The number of aryl methyl sites for hydroxylation is 1. The fourth-order valence-corrected chi connectivity index (χ4v) is 2.11. The van der Waals surface area contributed by atoms with E-state index in [1.54, 1.807) is 43.3 Å². The van der Waals surface area contributed by atoms with Crippen molar-refractivity contribution in [2.45, 2.75) is 20.0 Å². The highest BCUT2D eigenvalue weighted by molar-refractivity contribution is 6.31. The number of benzene rings is 2. The number of carbonyl (C=O) groups is 1. The SMILES string of the molecule is Cc1ccc(Cl)cc1NC(=O)C(C)Oc1cccc(Cl)c1. The Bertz CT molecular complexity index is 658. The molecule has 1 amide bonds. The van der Waals surface area contributed by atoms with Gasteiger partial charge in [0.2, 0.25) is 0 Å².